The molecule has 1 N–H and O–H groups in total. The zero-order valence-electron chi connectivity index (χ0n) is 18.5. The Kier molecular flexibility index (Phi) is 6.51. The number of aromatic nitrogens is 1. The first-order chi connectivity index (χ1) is 16.5. The number of carbonyl (C=O) groups is 1. The molecule has 34 heavy (non-hydrogen) atoms. The van der Waals surface area contributed by atoms with Crippen LogP contribution in [0.2, 0.25) is 0 Å². The highest BCUT2D eigenvalue weighted by atomic mass is 16.6. The first-order valence-electron chi connectivity index (χ1n) is 10.7. The monoisotopic (exact) mass is 450 g/mol. The van der Waals surface area contributed by atoms with Crippen molar-refractivity contribution in [1.82, 2.24) is 9.88 Å². The lowest BCUT2D eigenvalue weighted by Gasteiger charge is -2.13. The number of nitriles is 1. The van der Waals surface area contributed by atoms with E-state index in [0.717, 1.165) is 27.6 Å². The molecule has 7 nitrogen and oxygen atoms in total. The van der Waals surface area contributed by atoms with E-state index >= 15 is 0 Å². The van der Waals surface area contributed by atoms with Crippen LogP contribution in [0, 0.1) is 21.4 Å². The normalized spacial score (nSPS) is 12.2. The molecular formula is C27H22N4O3. The second-order valence-corrected chi connectivity index (χ2v) is 7.93. The predicted molar refractivity (Wildman–Crippen MR) is 131 cm³/mol. The zero-order valence-corrected chi connectivity index (χ0v) is 18.5. The summed E-state index contributed by atoms with van der Waals surface area (Å²) < 4.78 is 1.96. The molecule has 0 aliphatic rings. The fourth-order valence-electron chi connectivity index (χ4n) is 3.89. The molecule has 168 valence electrons. The van der Waals surface area contributed by atoms with E-state index < -0.39 is 10.8 Å². The van der Waals surface area contributed by atoms with Crippen molar-refractivity contribution in [1.29, 1.82) is 5.26 Å². The van der Waals surface area contributed by atoms with Crippen LogP contribution in [-0.4, -0.2) is 15.4 Å². The number of hydrogen-bond donors (Lipinski definition) is 1. The molecule has 1 heterocycles. The van der Waals surface area contributed by atoms with Crippen LogP contribution < -0.4 is 5.32 Å². The topological polar surface area (TPSA) is 101 Å². The van der Waals surface area contributed by atoms with Gasteiger partial charge in [0.05, 0.1) is 11.0 Å². The highest BCUT2D eigenvalue weighted by molar-refractivity contribution is 6.04. The minimum Gasteiger partial charge on any atom is -0.345 e. The highest BCUT2D eigenvalue weighted by Gasteiger charge is 2.16. The van der Waals surface area contributed by atoms with Gasteiger partial charge in [-0.3, -0.25) is 14.9 Å². The Labute approximate surface area is 196 Å². The van der Waals surface area contributed by atoms with Gasteiger partial charge in [0.15, 0.2) is 0 Å². The summed E-state index contributed by atoms with van der Waals surface area (Å²) in [5.74, 6) is -0.450. The van der Waals surface area contributed by atoms with Crippen LogP contribution in [0.3, 0.4) is 0 Å². The van der Waals surface area contributed by atoms with Gasteiger partial charge in [-0.05, 0) is 30.2 Å². The van der Waals surface area contributed by atoms with Crippen LogP contribution >= 0.6 is 0 Å². The summed E-state index contributed by atoms with van der Waals surface area (Å²) in [5, 5.41) is 24.6. The van der Waals surface area contributed by atoms with E-state index in [4.69, 9.17) is 0 Å². The van der Waals surface area contributed by atoms with Gasteiger partial charge < -0.3 is 9.88 Å². The van der Waals surface area contributed by atoms with Crippen molar-refractivity contribution in [3.8, 4) is 6.07 Å². The third-order valence-electron chi connectivity index (χ3n) is 5.61. The summed E-state index contributed by atoms with van der Waals surface area (Å²) in [6, 6.07) is 25.4. The van der Waals surface area contributed by atoms with Crippen molar-refractivity contribution in [3.63, 3.8) is 0 Å². The Morgan fingerprint density at radius 1 is 1.12 bits per heavy atom. The zero-order chi connectivity index (χ0) is 24.1. The Morgan fingerprint density at radius 3 is 2.59 bits per heavy atom. The molecule has 0 aliphatic carbocycles. The van der Waals surface area contributed by atoms with E-state index in [1.807, 2.05) is 84.4 Å². The maximum Gasteiger partial charge on any atom is 0.269 e. The largest absolute Gasteiger partial charge is 0.345 e. The average molecular weight is 450 g/mol. The fraction of sp³-hybridized carbons (Fsp3) is 0.111. The quantitative estimate of drug-likeness (QED) is 0.177. The highest BCUT2D eigenvalue weighted by Crippen LogP contribution is 2.25. The van der Waals surface area contributed by atoms with Gasteiger partial charge in [0.25, 0.3) is 11.6 Å². The van der Waals surface area contributed by atoms with E-state index in [1.165, 1.54) is 6.07 Å². The Morgan fingerprint density at radius 2 is 1.85 bits per heavy atom. The number of carbonyl (C=O) groups excluding carboxylic acids is 1. The summed E-state index contributed by atoms with van der Waals surface area (Å²) in [5.41, 5.74) is 3.38. The van der Waals surface area contributed by atoms with Crippen LogP contribution in [0.25, 0.3) is 17.0 Å². The van der Waals surface area contributed by atoms with Crippen molar-refractivity contribution < 1.29 is 9.72 Å². The molecule has 0 unspecified atom stereocenters. The van der Waals surface area contributed by atoms with Gasteiger partial charge >= 0.3 is 0 Å². The van der Waals surface area contributed by atoms with Crippen LogP contribution in [0.1, 0.15) is 29.7 Å². The Bertz CT molecular complexity index is 1430. The van der Waals surface area contributed by atoms with E-state index in [-0.39, 0.29) is 17.3 Å². The Hall–Kier alpha value is -4.70. The van der Waals surface area contributed by atoms with Gasteiger partial charge in [0, 0.05) is 41.3 Å². The number of benzene rings is 3. The number of fused-ring (bicyclic) bond motifs is 1. The number of nitrogens with one attached hydrogen (secondary N) is 1. The molecule has 1 amide bonds. The number of amides is 1. The van der Waals surface area contributed by atoms with E-state index in [9.17, 15) is 20.2 Å². The molecule has 4 rings (SSSR count). The summed E-state index contributed by atoms with van der Waals surface area (Å²) in [4.78, 5) is 23.5. The van der Waals surface area contributed by atoms with Crippen molar-refractivity contribution >= 4 is 28.6 Å². The van der Waals surface area contributed by atoms with Crippen LogP contribution in [-0.2, 0) is 11.3 Å². The number of rotatable bonds is 7. The molecule has 0 saturated carbocycles. The smallest absolute Gasteiger partial charge is 0.269 e. The number of nitro benzene ring substituents is 1. The number of para-hydroxylation sites is 1. The van der Waals surface area contributed by atoms with Crippen molar-refractivity contribution in [2.45, 2.75) is 19.5 Å². The predicted octanol–water partition coefficient (Wildman–Crippen LogP) is 5.38. The van der Waals surface area contributed by atoms with Crippen LogP contribution in [0.5, 0.6) is 0 Å². The molecule has 1 aromatic heterocycles. The lowest BCUT2D eigenvalue weighted by molar-refractivity contribution is -0.384. The van der Waals surface area contributed by atoms with Crippen molar-refractivity contribution in [2.75, 3.05) is 0 Å². The van der Waals surface area contributed by atoms with Gasteiger partial charge in [-0.1, -0.05) is 60.7 Å². The van der Waals surface area contributed by atoms with Gasteiger partial charge in [0.2, 0.25) is 0 Å². The summed E-state index contributed by atoms with van der Waals surface area (Å²) in [6.07, 6.45) is 3.44. The number of hydrogen-bond acceptors (Lipinski definition) is 4. The maximum absolute atomic E-state index is 12.8. The van der Waals surface area contributed by atoms with Crippen molar-refractivity contribution in [3.05, 3.63) is 117 Å². The molecule has 0 spiro atoms. The van der Waals surface area contributed by atoms with E-state index in [0.29, 0.717) is 6.54 Å². The number of nitro groups is 1. The van der Waals surface area contributed by atoms with E-state index in [2.05, 4.69) is 5.32 Å². The minimum absolute atomic E-state index is 0.000957. The first-order valence-corrected chi connectivity index (χ1v) is 10.7. The molecule has 0 aliphatic heterocycles. The summed E-state index contributed by atoms with van der Waals surface area (Å²) in [7, 11) is 0. The minimum atomic E-state index is -0.450. The average Bonchev–Trinajstić information content (AvgIpc) is 3.20. The standard InChI is InChI=1S/C27H22N4O3/c1-19(21-9-3-2-4-10-21)29-27(32)22(16-28)15-23-18-30(26-13-6-5-12-25(23)26)17-20-8-7-11-24(14-20)31(33)34/h2-15,18-19H,17H2,1H3,(H,29,32)/b22-15-/t19-/m0/s1. The number of non-ortho nitro benzene ring substituents is 1. The SMILES string of the molecule is C[C@H](NC(=O)/C(C#N)=C\c1cn(Cc2cccc([N+](=O)[O-])c2)c2ccccc12)c1ccccc1. The third kappa shape index (κ3) is 4.87. The molecular weight excluding hydrogens is 428 g/mol. The van der Waals surface area contributed by atoms with Crippen molar-refractivity contribution in [2.24, 2.45) is 0 Å². The third-order valence-corrected chi connectivity index (χ3v) is 5.61. The molecule has 0 fully saturated rings. The van der Waals surface area contributed by atoms with Crippen LogP contribution in [0.15, 0.2) is 90.6 Å². The molecule has 1 atom stereocenters. The van der Waals surface area contributed by atoms with Gasteiger partial charge in [-0.15, -0.1) is 0 Å². The molecule has 7 heteroatoms. The molecule has 3 aromatic carbocycles. The Balaban J connectivity index is 1.65. The van der Waals surface area contributed by atoms with Gasteiger partial charge in [-0.25, -0.2) is 0 Å². The second kappa shape index (κ2) is 9.84. The van der Waals surface area contributed by atoms with Gasteiger partial charge in [0.1, 0.15) is 11.6 Å². The number of nitrogens with zero attached hydrogens (tertiary/aromatic N) is 3. The molecule has 0 saturated heterocycles. The maximum atomic E-state index is 12.8. The fourth-order valence-corrected chi connectivity index (χ4v) is 3.89. The lowest BCUT2D eigenvalue weighted by atomic mass is 10.1. The van der Waals surface area contributed by atoms with Crippen LogP contribution in [0.4, 0.5) is 5.69 Å². The summed E-state index contributed by atoms with van der Waals surface area (Å²) in [6.45, 7) is 2.28. The molecule has 0 bridgehead atoms. The first kappa shape index (κ1) is 22.5. The lowest BCUT2D eigenvalue weighted by Crippen LogP contribution is -2.27. The van der Waals surface area contributed by atoms with E-state index in [1.54, 1.807) is 18.2 Å². The van der Waals surface area contributed by atoms with Gasteiger partial charge in [-0.2, -0.15) is 5.26 Å². The molecule has 4 aromatic rings. The molecule has 0 radical (unpaired) electrons. The second-order valence-electron chi connectivity index (χ2n) is 7.93. The summed E-state index contributed by atoms with van der Waals surface area (Å²) >= 11 is 0.